The molecule has 1 N–H and O–H groups in total. The lowest BCUT2D eigenvalue weighted by atomic mass is 10.2. The Balaban J connectivity index is 1.27. The second-order valence-electron chi connectivity index (χ2n) is 7.38. The molecule has 0 bridgehead atoms. The minimum atomic E-state index is -0.298. The van der Waals surface area contributed by atoms with Crippen LogP contribution in [0.25, 0.3) is 33.1 Å². The number of carbonyl (C=O) groups excluding carboxylic acids is 1. The molecule has 0 spiro atoms. The van der Waals surface area contributed by atoms with Crippen molar-refractivity contribution in [3.8, 4) is 22.5 Å². The van der Waals surface area contributed by atoms with E-state index in [9.17, 15) is 4.79 Å². The molecule has 2 aromatic carbocycles. The van der Waals surface area contributed by atoms with Gasteiger partial charge in [0, 0.05) is 39.5 Å². The van der Waals surface area contributed by atoms with E-state index in [1.807, 2.05) is 76.8 Å². The molecule has 7 nitrogen and oxygen atoms in total. The van der Waals surface area contributed by atoms with Crippen LogP contribution in [0.1, 0.15) is 10.4 Å². The topological polar surface area (TPSA) is 76.6 Å². The van der Waals surface area contributed by atoms with Gasteiger partial charge < -0.3 is 4.40 Å². The normalized spacial score (nSPS) is 11.3. The molecule has 0 fully saturated rings. The summed E-state index contributed by atoms with van der Waals surface area (Å²) in [6, 6.07) is 20.9. The number of anilines is 1. The van der Waals surface area contributed by atoms with Crippen LogP contribution in [0.4, 0.5) is 5.95 Å². The molecule has 6 rings (SSSR count). The predicted octanol–water partition coefficient (Wildman–Crippen LogP) is 5.68. The second kappa shape index (κ2) is 7.84. The highest BCUT2D eigenvalue weighted by molar-refractivity contribution is 7.15. The average Bonchev–Trinajstić information content (AvgIpc) is 3.54. The van der Waals surface area contributed by atoms with Crippen LogP contribution in [0.3, 0.4) is 0 Å². The van der Waals surface area contributed by atoms with Crippen LogP contribution < -0.4 is 5.32 Å². The molecule has 0 aliphatic rings. The number of hydrogen-bond acceptors (Lipinski definition) is 5. The Kier molecular flexibility index (Phi) is 4.67. The highest BCUT2D eigenvalue weighted by Crippen LogP contribution is 2.27. The molecule has 0 aliphatic heterocycles. The van der Waals surface area contributed by atoms with E-state index in [1.54, 1.807) is 16.6 Å². The number of imidazole rings is 1. The van der Waals surface area contributed by atoms with Crippen molar-refractivity contribution in [1.29, 1.82) is 0 Å². The number of hydrogen-bond donors (Lipinski definition) is 1. The van der Waals surface area contributed by atoms with Crippen LogP contribution in [0, 0.1) is 0 Å². The third kappa shape index (κ3) is 3.65. The monoisotopic (exact) mass is 470 g/mol. The first-order valence-electron chi connectivity index (χ1n) is 10.1. The van der Waals surface area contributed by atoms with Gasteiger partial charge in [-0.3, -0.25) is 10.1 Å². The van der Waals surface area contributed by atoms with Gasteiger partial charge in [-0.15, -0.1) is 16.4 Å². The standard InChI is InChI=1S/C24H15ClN6OS/c25-18-8-6-16(7-9-18)20-14-33-24-28-23(29-31(20)24)27-22(32)17-10-11-30-13-19(26-21(30)12-17)15-4-2-1-3-5-15/h1-14H,(H,27,29,32). The van der Waals surface area contributed by atoms with E-state index in [0.29, 0.717) is 21.2 Å². The van der Waals surface area contributed by atoms with Gasteiger partial charge in [0.05, 0.1) is 11.4 Å². The number of halogens is 1. The van der Waals surface area contributed by atoms with Crippen molar-refractivity contribution in [1.82, 2.24) is 24.0 Å². The van der Waals surface area contributed by atoms with Crippen LogP contribution in [-0.4, -0.2) is 29.9 Å². The summed E-state index contributed by atoms with van der Waals surface area (Å²) in [4.78, 5) is 22.7. The summed E-state index contributed by atoms with van der Waals surface area (Å²) in [7, 11) is 0. The molecule has 4 heterocycles. The number of amides is 1. The van der Waals surface area contributed by atoms with E-state index in [1.165, 1.54) is 11.3 Å². The number of nitrogens with zero attached hydrogens (tertiary/aromatic N) is 5. The summed E-state index contributed by atoms with van der Waals surface area (Å²) < 4.78 is 3.61. The molecule has 0 saturated heterocycles. The summed E-state index contributed by atoms with van der Waals surface area (Å²) in [5.74, 6) is -0.0525. The Bertz CT molecular complexity index is 1620. The molecule has 33 heavy (non-hydrogen) atoms. The van der Waals surface area contributed by atoms with Gasteiger partial charge >= 0.3 is 0 Å². The van der Waals surface area contributed by atoms with Gasteiger partial charge in [-0.1, -0.05) is 54.1 Å². The van der Waals surface area contributed by atoms with E-state index < -0.39 is 0 Å². The molecular weight excluding hydrogens is 456 g/mol. The van der Waals surface area contributed by atoms with Gasteiger partial charge in [0.2, 0.25) is 4.96 Å². The van der Waals surface area contributed by atoms with Gasteiger partial charge in [0.1, 0.15) is 5.65 Å². The summed E-state index contributed by atoms with van der Waals surface area (Å²) in [5.41, 5.74) is 4.87. The number of benzene rings is 2. The highest BCUT2D eigenvalue weighted by Gasteiger charge is 2.15. The zero-order valence-electron chi connectivity index (χ0n) is 17.0. The number of fused-ring (bicyclic) bond motifs is 2. The first-order valence-corrected chi connectivity index (χ1v) is 11.4. The van der Waals surface area contributed by atoms with Crippen molar-refractivity contribution in [3.63, 3.8) is 0 Å². The third-order valence-corrected chi connectivity index (χ3v) is 6.31. The summed E-state index contributed by atoms with van der Waals surface area (Å²) >= 11 is 7.45. The maximum absolute atomic E-state index is 12.9. The van der Waals surface area contributed by atoms with Gasteiger partial charge in [-0.2, -0.15) is 4.98 Å². The van der Waals surface area contributed by atoms with Crippen molar-refractivity contribution < 1.29 is 4.79 Å². The largest absolute Gasteiger partial charge is 0.306 e. The minimum absolute atomic E-state index is 0.246. The number of pyridine rings is 1. The Morgan fingerprint density at radius 2 is 1.79 bits per heavy atom. The quantitative estimate of drug-likeness (QED) is 0.359. The summed E-state index contributed by atoms with van der Waals surface area (Å²) in [6.45, 7) is 0. The summed E-state index contributed by atoms with van der Waals surface area (Å²) in [6.07, 6.45) is 3.76. The Hall–Kier alpha value is -4.01. The lowest BCUT2D eigenvalue weighted by Crippen LogP contribution is -2.13. The fraction of sp³-hybridized carbons (Fsp3) is 0. The Morgan fingerprint density at radius 1 is 0.970 bits per heavy atom. The van der Waals surface area contributed by atoms with Crippen LogP contribution >= 0.6 is 22.9 Å². The maximum atomic E-state index is 12.9. The SMILES string of the molecule is O=C(Nc1nc2scc(-c3ccc(Cl)cc3)n2n1)c1ccn2cc(-c3ccccc3)nc2c1. The molecule has 160 valence electrons. The van der Waals surface area contributed by atoms with E-state index in [4.69, 9.17) is 11.6 Å². The van der Waals surface area contributed by atoms with E-state index in [2.05, 4.69) is 20.4 Å². The van der Waals surface area contributed by atoms with Crippen molar-refractivity contribution in [3.05, 3.63) is 95.1 Å². The third-order valence-electron chi connectivity index (χ3n) is 5.24. The van der Waals surface area contributed by atoms with E-state index >= 15 is 0 Å². The zero-order valence-corrected chi connectivity index (χ0v) is 18.6. The van der Waals surface area contributed by atoms with Crippen molar-refractivity contribution in [2.24, 2.45) is 0 Å². The molecule has 4 aromatic heterocycles. The molecule has 6 aromatic rings. The van der Waals surface area contributed by atoms with Crippen LogP contribution in [0.5, 0.6) is 0 Å². The zero-order chi connectivity index (χ0) is 22.4. The molecule has 0 saturated carbocycles. The van der Waals surface area contributed by atoms with Crippen molar-refractivity contribution >= 4 is 45.4 Å². The molecule has 0 unspecified atom stereocenters. The number of carbonyl (C=O) groups is 1. The first kappa shape index (κ1) is 19.7. The fourth-order valence-electron chi connectivity index (χ4n) is 3.60. The van der Waals surface area contributed by atoms with E-state index in [-0.39, 0.29) is 11.9 Å². The molecule has 0 atom stereocenters. The molecule has 9 heteroatoms. The lowest BCUT2D eigenvalue weighted by molar-refractivity contribution is 0.102. The maximum Gasteiger partial charge on any atom is 0.258 e. The highest BCUT2D eigenvalue weighted by atomic mass is 35.5. The van der Waals surface area contributed by atoms with Gasteiger partial charge in [-0.25, -0.2) is 9.50 Å². The smallest absolute Gasteiger partial charge is 0.258 e. The van der Waals surface area contributed by atoms with Crippen LogP contribution in [0.15, 0.2) is 84.5 Å². The average molecular weight is 471 g/mol. The fourth-order valence-corrected chi connectivity index (χ4v) is 4.56. The second-order valence-corrected chi connectivity index (χ2v) is 8.66. The lowest BCUT2D eigenvalue weighted by Gasteiger charge is -2.02. The molecule has 0 radical (unpaired) electrons. The Labute approximate surface area is 196 Å². The number of aromatic nitrogens is 5. The van der Waals surface area contributed by atoms with Crippen molar-refractivity contribution in [2.75, 3.05) is 5.32 Å². The number of rotatable bonds is 4. The van der Waals surface area contributed by atoms with Gasteiger partial charge in [-0.05, 0) is 24.3 Å². The molecule has 0 aliphatic carbocycles. The number of thiazole rings is 1. The minimum Gasteiger partial charge on any atom is -0.306 e. The van der Waals surface area contributed by atoms with Gasteiger partial charge in [0.15, 0.2) is 0 Å². The molecular formula is C24H15ClN6OS. The Morgan fingerprint density at radius 3 is 2.61 bits per heavy atom. The summed E-state index contributed by atoms with van der Waals surface area (Å²) in [5, 5.41) is 9.91. The predicted molar refractivity (Wildman–Crippen MR) is 130 cm³/mol. The number of nitrogens with one attached hydrogen (secondary N) is 1. The van der Waals surface area contributed by atoms with Crippen molar-refractivity contribution in [2.45, 2.75) is 0 Å². The van der Waals surface area contributed by atoms with Crippen LogP contribution in [0.2, 0.25) is 5.02 Å². The first-order chi connectivity index (χ1) is 16.1. The molecule has 1 amide bonds. The van der Waals surface area contributed by atoms with E-state index in [0.717, 1.165) is 22.5 Å². The van der Waals surface area contributed by atoms with Gasteiger partial charge in [0.25, 0.3) is 11.9 Å². The van der Waals surface area contributed by atoms with Crippen LogP contribution in [-0.2, 0) is 0 Å².